The molecule has 2 nitrogen and oxygen atoms in total. The minimum Gasteiger partial charge on any atom is -0.331 e. The van der Waals surface area contributed by atoms with E-state index in [1.807, 2.05) is 0 Å². The summed E-state index contributed by atoms with van der Waals surface area (Å²) in [7, 11) is 0. The molecule has 22 heavy (non-hydrogen) atoms. The first-order valence-electron chi connectivity index (χ1n) is 7.10. The molecular formula is C15H16ClF4NO. The predicted octanol–water partition coefficient (Wildman–Crippen LogP) is 4.36. The van der Waals surface area contributed by atoms with Crippen molar-refractivity contribution in [3.8, 4) is 0 Å². The second-order valence-electron chi connectivity index (χ2n) is 5.34. The summed E-state index contributed by atoms with van der Waals surface area (Å²) in [6.07, 6.45) is -3.69. The lowest BCUT2D eigenvalue weighted by Crippen LogP contribution is -2.51. The molecule has 0 aliphatic carbocycles. The van der Waals surface area contributed by atoms with Crippen LogP contribution in [0.4, 0.5) is 17.6 Å². The summed E-state index contributed by atoms with van der Waals surface area (Å²) >= 11 is 5.86. The van der Waals surface area contributed by atoms with Crippen molar-refractivity contribution in [2.24, 2.45) is 0 Å². The number of hydrogen-bond acceptors (Lipinski definition) is 1. The van der Waals surface area contributed by atoms with Crippen LogP contribution < -0.4 is 0 Å². The molecule has 1 saturated heterocycles. The zero-order valence-corrected chi connectivity index (χ0v) is 12.6. The van der Waals surface area contributed by atoms with Gasteiger partial charge in [-0.15, -0.1) is 0 Å². The van der Waals surface area contributed by atoms with Crippen molar-refractivity contribution in [1.29, 1.82) is 0 Å². The Morgan fingerprint density at radius 1 is 1.32 bits per heavy atom. The van der Waals surface area contributed by atoms with Crippen LogP contribution in [-0.4, -0.2) is 29.6 Å². The average Bonchev–Trinajstić information content (AvgIpc) is 2.45. The van der Waals surface area contributed by atoms with Gasteiger partial charge in [0.15, 0.2) is 0 Å². The molecule has 1 unspecified atom stereocenters. The van der Waals surface area contributed by atoms with Crippen LogP contribution in [0, 0.1) is 5.82 Å². The molecule has 122 valence electrons. The Morgan fingerprint density at radius 2 is 2.05 bits per heavy atom. The monoisotopic (exact) mass is 337 g/mol. The number of halogens is 5. The van der Waals surface area contributed by atoms with E-state index in [4.69, 9.17) is 11.6 Å². The van der Waals surface area contributed by atoms with Gasteiger partial charge < -0.3 is 4.90 Å². The Morgan fingerprint density at radius 3 is 2.68 bits per heavy atom. The molecule has 0 spiro atoms. The van der Waals surface area contributed by atoms with Gasteiger partial charge in [0.2, 0.25) is 5.91 Å². The largest absolute Gasteiger partial charge is 0.408 e. The highest BCUT2D eigenvalue weighted by Crippen LogP contribution is 2.32. The molecule has 1 aromatic rings. The third-order valence-electron chi connectivity index (χ3n) is 3.85. The van der Waals surface area contributed by atoms with Gasteiger partial charge in [0.05, 0.1) is 0 Å². The third-order valence-corrected chi connectivity index (χ3v) is 4.21. The lowest BCUT2D eigenvalue weighted by atomic mass is 10.00. The molecule has 2 rings (SSSR count). The summed E-state index contributed by atoms with van der Waals surface area (Å²) in [4.78, 5) is 13.0. The zero-order chi connectivity index (χ0) is 16.3. The number of carbonyl (C=O) groups is 1. The van der Waals surface area contributed by atoms with Crippen LogP contribution in [-0.2, 0) is 11.2 Å². The SMILES string of the molecule is O=C(CCc1c(F)cccc1Cl)N1CCCCC1C(F)(F)F. The summed E-state index contributed by atoms with van der Waals surface area (Å²) in [5.74, 6) is -1.16. The number of alkyl halides is 3. The van der Waals surface area contributed by atoms with E-state index in [0.29, 0.717) is 12.8 Å². The van der Waals surface area contributed by atoms with Gasteiger partial charge >= 0.3 is 6.18 Å². The molecular weight excluding hydrogens is 322 g/mol. The van der Waals surface area contributed by atoms with Gasteiger partial charge in [-0.1, -0.05) is 17.7 Å². The second kappa shape index (κ2) is 6.86. The number of carbonyl (C=O) groups excluding carboxylic acids is 1. The van der Waals surface area contributed by atoms with Gasteiger partial charge in [-0.05, 0) is 37.8 Å². The summed E-state index contributed by atoms with van der Waals surface area (Å²) in [6, 6.07) is 2.41. The average molecular weight is 338 g/mol. The molecule has 1 aromatic carbocycles. The molecule has 0 N–H and O–H groups in total. The Labute approximate surface area is 131 Å². The molecule has 1 aliphatic rings. The normalized spacial score (nSPS) is 19.3. The summed E-state index contributed by atoms with van der Waals surface area (Å²) < 4.78 is 52.5. The summed E-state index contributed by atoms with van der Waals surface area (Å²) in [5, 5.41) is 0.179. The fourth-order valence-electron chi connectivity index (χ4n) is 2.72. The maximum absolute atomic E-state index is 13.6. The third kappa shape index (κ3) is 3.91. The highest BCUT2D eigenvalue weighted by molar-refractivity contribution is 6.31. The molecule has 0 aromatic heterocycles. The second-order valence-corrected chi connectivity index (χ2v) is 5.75. The standard InChI is InChI=1S/C15H16ClF4NO/c16-11-4-3-5-12(17)10(11)7-8-14(22)21-9-2-1-6-13(21)15(18,19)20/h3-5,13H,1-2,6-9H2. The van der Waals surface area contributed by atoms with E-state index in [2.05, 4.69) is 0 Å². The Balaban J connectivity index is 2.05. The molecule has 1 fully saturated rings. The number of benzene rings is 1. The van der Waals surface area contributed by atoms with E-state index >= 15 is 0 Å². The van der Waals surface area contributed by atoms with Gasteiger partial charge in [0.25, 0.3) is 0 Å². The molecule has 0 saturated carbocycles. The van der Waals surface area contributed by atoms with Crippen LogP contribution in [0.2, 0.25) is 5.02 Å². The molecule has 0 bridgehead atoms. The van der Waals surface area contributed by atoms with E-state index in [-0.39, 0.29) is 36.4 Å². The molecule has 7 heteroatoms. The highest BCUT2D eigenvalue weighted by atomic mass is 35.5. The van der Waals surface area contributed by atoms with Crippen LogP contribution in [0.3, 0.4) is 0 Å². The van der Waals surface area contributed by atoms with Gasteiger partial charge in [-0.2, -0.15) is 13.2 Å². The summed E-state index contributed by atoms with van der Waals surface area (Å²) in [6.45, 7) is 0.0913. The highest BCUT2D eigenvalue weighted by Gasteiger charge is 2.45. The van der Waals surface area contributed by atoms with Gasteiger partial charge in [0, 0.05) is 23.6 Å². The quantitative estimate of drug-likeness (QED) is 0.751. The maximum Gasteiger partial charge on any atom is 0.408 e. The van der Waals surface area contributed by atoms with Crippen LogP contribution in [0.1, 0.15) is 31.2 Å². The van der Waals surface area contributed by atoms with Crippen LogP contribution in [0.15, 0.2) is 18.2 Å². The topological polar surface area (TPSA) is 20.3 Å². The van der Waals surface area contributed by atoms with Crippen molar-refractivity contribution < 1.29 is 22.4 Å². The Hall–Kier alpha value is -1.30. The Bertz CT molecular complexity index is 527. The number of likely N-dealkylation sites (tertiary alicyclic amines) is 1. The predicted molar refractivity (Wildman–Crippen MR) is 75.1 cm³/mol. The fraction of sp³-hybridized carbons (Fsp3) is 0.533. The van der Waals surface area contributed by atoms with Gasteiger partial charge in [0.1, 0.15) is 11.9 Å². The molecule has 1 heterocycles. The number of hydrogen-bond donors (Lipinski definition) is 0. The van der Waals surface area contributed by atoms with Crippen LogP contribution in [0.5, 0.6) is 0 Å². The van der Waals surface area contributed by atoms with E-state index in [9.17, 15) is 22.4 Å². The first-order valence-corrected chi connectivity index (χ1v) is 7.47. The Kier molecular flexibility index (Phi) is 5.32. The fourth-order valence-corrected chi connectivity index (χ4v) is 2.97. The lowest BCUT2D eigenvalue weighted by Gasteiger charge is -2.36. The van der Waals surface area contributed by atoms with E-state index in [0.717, 1.165) is 4.90 Å². The van der Waals surface area contributed by atoms with E-state index < -0.39 is 23.9 Å². The van der Waals surface area contributed by atoms with Crippen molar-refractivity contribution in [3.05, 3.63) is 34.6 Å². The molecule has 0 radical (unpaired) electrons. The van der Waals surface area contributed by atoms with Crippen molar-refractivity contribution in [3.63, 3.8) is 0 Å². The van der Waals surface area contributed by atoms with Crippen LogP contribution in [0.25, 0.3) is 0 Å². The van der Waals surface area contributed by atoms with Crippen molar-refractivity contribution in [2.45, 2.75) is 44.3 Å². The van der Waals surface area contributed by atoms with Crippen LogP contribution >= 0.6 is 11.6 Å². The van der Waals surface area contributed by atoms with E-state index in [1.165, 1.54) is 18.2 Å². The minimum atomic E-state index is -4.42. The van der Waals surface area contributed by atoms with Gasteiger partial charge in [-0.25, -0.2) is 4.39 Å². The lowest BCUT2D eigenvalue weighted by molar-refractivity contribution is -0.195. The van der Waals surface area contributed by atoms with Crippen molar-refractivity contribution in [1.82, 2.24) is 4.90 Å². The van der Waals surface area contributed by atoms with Crippen molar-refractivity contribution >= 4 is 17.5 Å². The van der Waals surface area contributed by atoms with E-state index in [1.54, 1.807) is 0 Å². The zero-order valence-electron chi connectivity index (χ0n) is 11.8. The van der Waals surface area contributed by atoms with Crippen molar-refractivity contribution in [2.75, 3.05) is 6.54 Å². The molecule has 1 amide bonds. The smallest absolute Gasteiger partial charge is 0.331 e. The number of rotatable bonds is 3. The minimum absolute atomic E-state index is 0.00851. The number of amides is 1. The summed E-state index contributed by atoms with van der Waals surface area (Å²) in [5.41, 5.74) is 0.165. The maximum atomic E-state index is 13.6. The molecule has 1 aliphatic heterocycles. The number of nitrogens with zero attached hydrogens (tertiary/aromatic N) is 1. The first kappa shape index (κ1) is 17.1. The molecule has 1 atom stereocenters. The number of piperidine rings is 1. The van der Waals surface area contributed by atoms with Gasteiger partial charge in [-0.3, -0.25) is 4.79 Å². The first-order chi connectivity index (χ1) is 10.3.